The van der Waals surface area contributed by atoms with Crippen molar-refractivity contribution in [2.24, 2.45) is 5.92 Å². The summed E-state index contributed by atoms with van der Waals surface area (Å²) in [4.78, 5) is 17.3. The fourth-order valence-corrected chi connectivity index (χ4v) is 4.13. The highest BCUT2D eigenvalue weighted by Crippen LogP contribution is 2.28. The highest BCUT2D eigenvalue weighted by atomic mass is 16.5. The van der Waals surface area contributed by atoms with Gasteiger partial charge in [0.2, 0.25) is 0 Å². The Kier molecular flexibility index (Phi) is 4.85. The largest absolute Gasteiger partial charge is 0.365 e. The number of carbonyl (C=O) groups is 1. The topological polar surface area (TPSA) is 32.8 Å². The van der Waals surface area contributed by atoms with Crippen LogP contribution >= 0.6 is 0 Å². The SMILES string of the molecule is C[C@@]1(C(=O)N2CCN(CC3CCCC3)CC2)CCCCO1. The third-order valence-electron chi connectivity index (χ3n) is 5.57. The molecule has 0 aromatic heterocycles. The van der Waals surface area contributed by atoms with Crippen LogP contribution in [0.4, 0.5) is 0 Å². The Bertz CT molecular complexity index is 352. The number of hydrogen-bond acceptors (Lipinski definition) is 3. The maximum atomic E-state index is 12.7. The quantitative estimate of drug-likeness (QED) is 0.800. The lowest BCUT2D eigenvalue weighted by molar-refractivity contribution is -0.163. The molecule has 120 valence electrons. The molecule has 4 nitrogen and oxygen atoms in total. The lowest BCUT2D eigenvalue weighted by atomic mass is 9.94. The zero-order valence-electron chi connectivity index (χ0n) is 13.5. The molecule has 3 rings (SSSR count). The van der Waals surface area contributed by atoms with Gasteiger partial charge in [-0.05, 0) is 44.9 Å². The highest BCUT2D eigenvalue weighted by molar-refractivity contribution is 5.85. The molecule has 3 aliphatic rings. The van der Waals surface area contributed by atoms with Crippen LogP contribution in [0.2, 0.25) is 0 Å². The third kappa shape index (κ3) is 3.59. The van der Waals surface area contributed by atoms with Gasteiger partial charge in [-0.1, -0.05) is 12.8 Å². The molecule has 0 radical (unpaired) electrons. The smallest absolute Gasteiger partial charge is 0.254 e. The molecule has 0 bridgehead atoms. The molecule has 2 heterocycles. The number of rotatable bonds is 3. The first-order valence-corrected chi connectivity index (χ1v) is 8.83. The Morgan fingerprint density at radius 3 is 2.43 bits per heavy atom. The van der Waals surface area contributed by atoms with Crippen molar-refractivity contribution >= 4 is 5.91 Å². The molecule has 0 unspecified atom stereocenters. The van der Waals surface area contributed by atoms with Crippen molar-refractivity contribution in [3.05, 3.63) is 0 Å². The Hall–Kier alpha value is -0.610. The van der Waals surface area contributed by atoms with Gasteiger partial charge >= 0.3 is 0 Å². The van der Waals surface area contributed by atoms with Gasteiger partial charge in [-0.15, -0.1) is 0 Å². The average Bonchev–Trinajstić information content (AvgIpc) is 3.01. The van der Waals surface area contributed by atoms with Crippen molar-refractivity contribution in [3.63, 3.8) is 0 Å². The van der Waals surface area contributed by atoms with E-state index in [1.807, 2.05) is 11.8 Å². The van der Waals surface area contributed by atoms with Crippen molar-refractivity contribution < 1.29 is 9.53 Å². The van der Waals surface area contributed by atoms with Gasteiger partial charge in [0.05, 0.1) is 0 Å². The van der Waals surface area contributed by atoms with Crippen molar-refractivity contribution in [1.29, 1.82) is 0 Å². The minimum absolute atomic E-state index is 0.225. The highest BCUT2D eigenvalue weighted by Gasteiger charge is 2.39. The number of ether oxygens (including phenoxy) is 1. The number of hydrogen-bond donors (Lipinski definition) is 0. The van der Waals surface area contributed by atoms with Gasteiger partial charge in [-0.2, -0.15) is 0 Å². The maximum Gasteiger partial charge on any atom is 0.254 e. The zero-order valence-corrected chi connectivity index (χ0v) is 13.5. The Labute approximate surface area is 128 Å². The van der Waals surface area contributed by atoms with Crippen LogP contribution in [-0.4, -0.2) is 60.6 Å². The number of piperazine rings is 1. The second-order valence-corrected chi connectivity index (χ2v) is 7.28. The van der Waals surface area contributed by atoms with Crippen LogP contribution in [0.1, 0.15) is 51.9 Å². The minimum atomic E-state index is -0.550. The van der Waals surface area contributed by atoms with E-state index in [0.717, 1.165) is 58.0 Å². The molecule has 2 saturated heterocycles. The predicted octanol–water partition coefficient (Wildman–Crippen LogP) is 2.28. The van der Waals surface area contributed by atoms with Gasteiger partial charge < -0.3 is 9.64 Å². The van der Waals surface area contributed by atoms with Crippen LogP contribution in [0.3, 0.4) is 0 Å². The molecular formula is C17H30N2O2. The summed E-state index contributed by atoms with van der Waals surface area (Å²) in [6.07, 6.45) is 8.74. The fourth-order valence-electron chi connectivity index (χ4n) is 4.13. The Morgan fingerprint density at radius 1 is 1.10 bits per heavy atom. The summed E-state index contributed by atoms with van der Waals surface area (Å²) < 4.78 is 5.81. The lowest BCUT2D eigenvalue weighted by Crippen LogP contribution is -2.56. The van der Waals surface area contributed by atoms with Gasteiger partial charge in [0.15, 0.2) is 0 Å². The van der Waals surface area contributed by atoms with Crippen molar-refractivity contribution in [1.82, 2.24) is 9.80 Å². The van der Waals surface area contributed by atoms with Crippen LogP contribution in [0.5, 0.6) is 0 Å². The molecule has 1 aliphatic carbocycles. The van der Waals surface area contributed by atoms with E-state index in [9.17, 15) is 4.79 Å². The third-order valence-corrected chi connectivity index (χ3v) is 5.57. The van der Waals surface area contributed by atoms with E-state index in [-0.39, 0.29) is 5.91 Å². The van der Waals surface area contributed by atoms with E-state index in [1.165, 1.54) is 32.2 Å². The molecule has 0 aromatic rings. The first-order chi connectivity index (χ1) is 10.2. The van der Waals surface area contributed by atoms with E-state index < -0.39 is 5.60 Å². The zero-order chi connectivity index (χ0) is 14.7. The molecule has 21 heavy (non-hydrogen) atoms. The van der Waals surface area contributed by atoms with E-state index in [1.54, 1.807) is 0 Å². The summed E-state index contributed by atoms with van der Waals surface area (Å²) in [5, 5.41) is 0. The number of carbonyl (C=O) groups excluding carboxylic acids is 1. The summed E-state index contributed by atoms with van der Waals surface area (Å²) in [6.45, 7) is 7.81. The lowest BCUT2D eigenvalue weighted by Gasteiger charge is -2.41. The molecule has 2 aliphatic heterocycles. The van der Waals surface area contributed by atoms with E-state index in [0.29, 0.717) is 0 Å². The normalized spacial score (nSPS) is 32.5. The summed E-state index contributed by atoms with van der Waals surface area (Å²) in [5.41, 5.74) is -0.550. The first kappa shape index (κ1) is 15.3. The van der Waals surface area contributed by atoms with Crippen LogP contribution in [-0.2, 0) is 9.53 Å². The molecular weight excluding hydrogens is 264 g/mol. The monoisotopic (exact) mass is 294 g/mol. The molecule has 0 spiro atoms. The molecule has 0 aromatic carbocycles. The molecule has 1 saturated carbocycles. The van der Waals surface area contributed by atoms with E-state index in [2.05, 4.69) is 4.90 Å². The van der Waals surface area contributed by atoms with Crippen LogP contribution in [0, 0.1) is 5.92 Å². The number of nitrogens with zero attached hydrogens (tertiary/aromatic N) is 2. The van der Waals surface area contributed by atoms with Crippen molar-refractivity contribution in [2.45, 2.75) is 57.5 Å². The van der Waals surface area contributed by atoms with Crippen LogP contribution in [0.25, 0.3) is 0 Å². The van der Waals surface area contributed by atoms with Gasteiger partial charge in [-0.3, -0.25) is 9.69 Å². The van der Waals surface area contributed by atoms with E-state index in [4.69, 9.17) is 4.74 Å². The predicted molar refractivity (Wildman–Crippen MR) is 83.2 cm³/mol. The Balaban J connectivity index is 1.47. The number of amides is 1. The second-order valence-electron chi connectivity index (χ2n) is 7.28. The van der Waals surface area contributed by atoms with Gasteiger partial charge in [-0.25, -0.2) is 0 Å². The molecule has 1 amide bonds. The molecule has 1 atom stereocenters. The van der Waals surface area contributed by atoms with Crippen LogP contribution in [0.15, 0.2) is 0 Å². The summed E-state index contributed by atoms with van der Waals surface area (Å²) in [6, 6.07) is 0. The first-order valence-electron chi connectivity index (χ1n) is 8.83. The van der Waals surface area contributed by atoms with Crippen molar-refractivity contribution in [2.75, 3.05) is 39.3 Å². The van der Waals surface area contributed by atoms with Gasteiger partial charge in [0.25, 0.3) is 5.91 Å². The maximum absolute atomic E-state index is 12.7. The van der Waals surface area contributed by atoms with Gasteiger partial charge in [0.1, 0.15) is 5.60 Å². The molecule has 4 heteroatoms. The summed E-state index contributed by atoms with van der Waals surface area (Å²) in [5.74, 6) is 1.13. The van der Waals surface area contributed by atoms with E-state index >= 15 is 0 Å². The van der Waals surface area contributed by atoms with Crippen LogP contribution < -0.4 is 0 Å². The Morgan fingerprint density at radius 2 is 1.81 bits per heavy atom. The standard InChI is InChI=1S/C17H30N2O2/c1-17(8-4-5-13-21-17)16(20)19-11-9-18(10-12-19)14-15-6-2-3-7-15/h15H,2-14H2,1H3/t17-/m0/s1. The van der Waals surface area contributed by atoms with Crippen molar-refractivity contribution in [3.8, 4) is 0 Å². The minimum Gasteiger partial charge on any atom is -0.365 e. The summed E-state index contributed by atoms with van der Waals surface area (Å²) >= 11 is 0. The fraction of sp³-hybridized carbons (Fsp3) is 0.941. The average molecular weight is 294 g/mol. The summed E-state index contributed by atoms with van der Waals surface area (Å²) in [7, 11) is 0. The molecule has 0 N–H and O–H groups in total. The van der Waals surface area contributed by atoms with Gasteiger partial charge in [0, 0.05) is 39.3 Å². The second kappa shape index (κ2) is 6.66. The molecule has 3 fully saturated rings.